The van der Waals surface area contributed by atoms with E-state index in [4.69, 9.17) is 5.73 Å². The molecule has 0 aromatic heterocycles. The minimum Gasteiger partial charge on any atom is -0.336 e. The first-order valence-corrected chi connectivity index (χ1v) is 8.68. The third kappa shape index (κ3) is 3.89. The zero-order valence-corrected chi connectivity index (χ0v) is 15.1. The number of carbonyl (C=O) groups is 1. The van der Waals surface area contributed by atoms with Crippen molar-refractivity contribution in [3.63, 3.8) is 0 Å². The van der Waals surface area contributed by atoms with Gasteiger partial charge in [-0.1, -0.05) is 24.6 Å². The van der Waals surface area contributed by atoms with Crippen molar-refractivity contribution in [2.45, 2.75) is 64.5 Å². The maximum atomic E-state index is 12.8. The van der Waals surface area contributed by atoms with Gasteiger partial charge in [-0.15, -0.1) is 12.4 Å². The molecule has 1 aromatic rings. The Hall–Kier alpha value is -1.06. The highest BCUT2D eigenvalue weighted by Gasteiger charge is 2.33. The van der Waals surface area contributed by atoms with Crippen LogP contribution in [0.2, 0.25) is 0 Å². The average Bonchev–Trinajstić information content (AvgIpc) is 3.12. The highest BCUT2D eigenvalue weighted by atomic mass is 35.5. The standard InChI is InChI=1S/C19H28N2O.ClH/c1-13-8-9-16(11-14(13)2)18-7-4-10-21(18)19(22)12-15-5-3-6-17(15)20;/h8-9,11,15,17-18H,3-7,10,12,20H2,1-2H3;1H/t15-,17+,18?;/m0./s1. The van der Waals surface area contributed by atoms with Crippen LogP contribution in [0.25, 0.3) is 0 Å². The molecule has 0 spiro atoms. The lowest BCUT2D eigenvalue weighted by Crippen LogP contribution is -2.35. The molecule has 0 bridgehead atoms. The van der Waals surface area contributed by atoms with Crippen LogP contribution in [-0.4, -0.2) is 23.4 Å². The van der Waals surface area contributed by atoms with E-state index in [9.17, 15) is 4.79 Å². The van der Waals surface area contributed by atoms with Gasteiger partial charge in [-0.2, -0.15) is 0 Å². The zero-order valence-electron chi connectivity index (χ0n) is 14.3. The quantitative estimate of drug-likeness (QED) is 0.909. The van der Waals surface area contributed by atoms with Crippen molar-refractivity contribution < 1.29 is 4.79 Å². The highest BCUT2D eigenvalue weighted by molar-refractivity contribution is 5.85. The Morgan fingerprint density at radius 3 is 2.61 bits per heavy atom. The molecule has 1 amide bonds. The SMILES string of the molecule is Cc1ccc(C2CCCN2C(=O)C[C@@H]2CCC[C@H]2N)cc1C.Cl. The molecular weight excluding hydrogens is 308 g/mol. The summed E-state index contributed by atoms with van der Waals surface area (Å²) < 4.78 is 0. The summed E-state index contributed by atoms with van der Waals surface area (Å²) in [6, 6.07) is 7.13. The number of likely N-dealkylation sites (tertiary alicyclic amines) is 1. The summed E-state index contributed by atoms with van der Waals surface area (Å²) in [6.45, 7) is 5.19. The van der Waals surface area contributed by atoms with Gasteiger partial charge in [0.25, 0.3) is 0 Å². The first-order valence-electron chi connectivity index (χ1n) is 8.68. The van der Waals surface area contributed by atoms with E-state index < -0.39 is 0 Å². The van der Waals surface area contributed by atoms with Crippen LogP contribution >= 0.6 is 12.4 Å². The van der Waals surface area contributed by atoms with E-state index in [2.05, 4.69) is 36.9 Å². The Labute approximate surface area is 146 Å². The van der Waals surface area contributed by atoms with Crippen molar-refractivity contribution in [1.29, 1.82) is 0 Å². The Bertz CT molecular complexity index is 560. The molecule has 3 rings (SSSR count). The largest absolute Gasteiger partial charge is 0.336 e. The van der Waals surface area contributed by atoms with Gasteiger partial charge in [0.1, 0.15) is 0 Å². The summed E-state index contributed by atoms with van der Waals surface area (Å²) in [5, 5.41) is 0. The Morgan fingerprint density at radius 2 is 1.96 bits per heavy atom. The number of aryl methyl sites for hydroxylation is 2. The molecule has 1 saturated carbocycles. The second kappa shape index (κ2) is 7.67. The molecule has 1 aliphatic carbocycles. The normalized spacial score (nSPS) is 27.1. The maximum Gasteiger partial charge on any atom is 0.223 e. The predicted molar refractivity (Wildman–Crippen MR) is 96.8 cm³/mol. The third-order valence-corrected chi connectivity index (χ3v) is 5.64. The number of benzene rings is 1. The van der Waals surface area contributed by atoms with Gasteiger partial charge in [0.15, 0.2) is 0 Å². The number of rotatable bonds is 3. The van der Waals surface area contributed by atoms with E-state index in [-0.39, 0.29) is 24.5 Å². The van der Waals surface area contributed by atoms with Gasteiger partial charge in [0.05, 0.1) is 6.04 Å². The van der Waals surface area contributed by atoms with Gasteiger partial charge in [0.2, 0.25) is 5.91 Å². The Kier molecular flexibility index (Phi) is 6.10. The molecule has 2 fully saturated rings. The van der Waals surface area contributed by atoms with Crippen LogP contribution in [0.4, 0.5) is 0 Å². The zero-order chi connectivity index (χ0) is 15.7. The highest BCUT2D eigenvalue weighted by Crippen LogP contribution is 2.35. The Morgan fingerprint density at radius 1 is 1.17 bits per heavy atom. The first-order chi connectivity index (χ1) is 10.6. The van der Waals surface area contributed by atoms with Crippen LogP contribution in [0.3, 0.4) is 0 Å². The number of hydrogen-bond donors (Lipinski definition) is 1. The molecule has 23 heavy (non-hydrogen) atoms. The van der Waals surface area contributed by atoms with E-state index in [1.54, 1.807) is 0 Å². The molecule has 3 atom stereocenters. The second-order valence-electron chi connectivity index (χ2n) is 7.15. The second-order valence-corrected chi connectivity index (χ2v) is 7.15. The summed E-state index contributed by atoms with van der Waals surface area (Å²) in [7, 11) is 0. The fourth-order valence-corrected chi connectivity index (χ4v) is 4.04. The van der Waals surface area contributed by atoms with E-state index in [1.807, 2.05) is 0 Å². The van der Waals surface area contributed by atoms with E-state index in [0.717, 1.165) is 32.2 Å². The molecule has 1 unspecified atom stereocenters. The van der Waals surface area contributed by atoms with Crippen LogP contribution in [0.5, 0.6) is 0 Å². The van der Waals surface area contributed by atoms with Gasteiger partial charge in [-0.3, -0.25) is 4.79 Å². The molecule has 1 saturated heterocycles. The van der Waals surface area contributed by atoms with Crippen LogP contribution in [0.15, 0.2) is 18.2 Å². The number of amides is 1. The summed E-state index contributed by atoms with van der Waals surface area (Å²) in [5.74, 6) is 0.705. The molecule has 1 aliphatic heterocycles. The molecule has 4 heteroatoms. The number of nitrogens with zero attached hydrogens (tertiary/aromatic N) is 1. The molecule has 1 aromatic carbocycles. The molecule has 2 N–H and O–H groups in total. The van der Waals surface area contributed by atoms with Gasteiger partial charge in [-0.25, -0.2) is 0 Å². The number of hydrogen-bond acceptors (Lipinski definition) is 2. The van der Waals surface area contributed by atoms with Gasteiger partial charge in [-0.05, 0) is 62.1 Å². The average molecular weight is 337 g/mol. The van der Waals surface area contributed by atoms with Crippen LogP contribution in [-0.2, 0) is 4.79 Å². The lowest BCUT2D eigenvalue weighted by molar-refractivity contribution is -0.133. The molecule has 1 heterocycles. The van der Waals surface area contributed by atoms with Crippen LogP contribution in [0.1, 0.15) is 61.3 Å². The predicted octanol–water partition coefficient (Wildman–Crippen LogP) is 3.91. The Balaban J connectivity index is 0.00000192. The van der Waals surface area contributed by atoms with Crippen molar-refractivity contribution in [3.8, 4) is 0 Å². The van der Waals surface area contributed by atoms with Crippen molar-refractivity contribution in [3.05, 3.63) is 34.9 Å². The minimum atomic E-state index is 0. The fraction of sp³-hybridized carbons (Fsp3) is 0.632. The summed E-state index contributed by atoms with van der Waals surface area (Å²) in [4.78, 5) is 14.9. The minimum absolute atomic E-state index is 0. The lowest BCUT2D eigenvalue weighted by Gasteiger charge is -2.27. The summed E-state index contributed by atoms with van der Waals surface area (Å²) >= 11 is 0. The molecule has 0 radical (unpaired) electrons. The van der Waals surface area contributed by atoms with E-state index in [0.29, 0.717) is 18.2 Å². The maximum absolute atomic E-state index is 12.8. The van der Waals surface area contributed by atoms with Gasteiger partial charge < -0.3 is 10.6 Å². The summed E-state index contributed by atoms with van der Waals surface area (Å²) in [6.07, 6.45) is 6.22. The number of nitrogens with two attached hydrogens (primary N) is 1. The molecule has 2 aliphatic rings. The lowest BCUT2D eigenvalue weighted by atomic mass is 9.97. The van der Waals surface area contributed by atoms with Crippen LogP contribution < -0.4 is 5.73 Å². The monoisotopic (exact) mass is 336 g/mol. The van der Waals surface area contributed by atoms with Crippen molar-refractivity contribution in [2.24, 2.45) is 11.7 Å². The topological polar surface area (TPSA) is 46.3 Å². The van der Waals surface area contributed by atoms with Gasteiger partial charge in [0, 0.05) is 19.0 Å². The smallest absolute Gasteiger partial charge is 0.223 e. The van der Waals surface area contributed by atoms with Crippen molar-refractivity contribution >= 4 is 18.3 Å². The molecular formula is C19H29ClN2O. The molecule has 128 valence electrons. The van der Waals surface area contributed by atoms with Gasteiger partial charge >= 0.3 is 0 Å². The van der Waals surface area contributed by atoms with E-state index in [1.165, 1.54) is 23.1 Å². The van der Waals surface area contributed by atoms with Crippen molar-refractivity contribution in [1.82, 2.24) is 4.90 Å². The van der Waals surface area contributed by atoms with E-state index >= 15 is 0 Å². The molecule has 3 nitrogen and oxygen atoms in total. The number of carbonyl (C=O) groups excluding carboxylic acids is 1. The summed E-state index contributed by atoms with van der Waals surface area (Å²) in [5.41, 5.74) is 10.1. The van der Waals surface area contributed by atoms with Crippen molar-refractivity contribution in [2.75, 3.05) is 6.54 Å². The first kappa shape index (κ1) is 18.3. The fourth-order valence-electron chi connectivity index (χ4n) is 4.04. The number of halogens is 1. The van der Waals surface area contributed by atoms with Crippen LogP contribution in [0, 0.1) is 19.8 Å². The third-order valence-electron chi connectivity index (χ3n) is 5.64.